The van der Waals surface area contributed by atoms with Crippen LogP contribution in [0.2, 0.25) is 5.02 Å². The summed E-state index contributed by atoms with van der Waals surface area (Å²) < 4.78 is 13.8. The Hall–Kier alpha value is -2.40. The molecule has 25 heavy (non-hydrogen) atoms. The lowest BCUT2D eigenvalue weighted by atomic mass is 10.1. The minimum atomic E-state index is -0.669. The van der Waals surface area contributed by atoms with Crippen LogP contribution in [-0.4, -0.2) is 18.4 Å². The molecular weight excluding hydrogens is 343 g/mol. The standard InChI is InChI=1S/C19H18ClFN2O2/c1-12-11-13(8-9-16(12)23-10-3-2-7-17(23)24)22-19(25)18-14(20)5-4-6-15(18)21/h4-6,8-9,11H,2-3,7,10H2,1H3,(H,22,25). The van der Waals surface area contributed by atoms with E-state index < -0.39 is 11.7 Å². The van der Waals surface area contributed by atoms with E-state index in [-0.39, 0.29) is 16.5 Å². The monoisotopic (exact) mass is 360 g/mol. The molecule has 1 aliphatic rings. The minimum absolute atomic E-state index is 0.0600. The second-order valence-electron chi connectivity index (χ2n) is 6.05. The van der Waals surface area contributed by atoms with Crippen molar-refractivity contribution in [2.75, 3.05) is 16.8 Å². The van der Waals surface area contributed by atoms with E-state index in [1.165, 1.54) is 18.2 Å². The summed E-state index contributed by atoms with van der Waals surface area (Å²) in [5.41, 5.74) is 2.05. The van der Waals surface area contributed by atoms with Crippen molar-refractivity contribution in [3.63, 3.8) is 0 Å². The molecule has 0 spiro atoms. The van der Waals surface area contributed by atoms with Crippen molar-refractivity contribution >= 4 is 34.8 Å². The molecular formula is C19H18ClFN2O2. The molecule has 1 aliphatic heterocycles. The van der Waals surface area contributed by atoms with Crippen LogP contribution in [0.15, 0.2) is 36.4 Å². The molecule has 2 aromatic rings. The SMILES string of the molecule is Cc1cc(NC(=O)c2c(F)cccc2Cl)ccc1N1CCCCC1=O. The van der Waals surface area contributed by atoms with Gasteiger partial charge in [-0.2, -0.15) is 0 Å². The van der Waals surface area contributed by atoms with Gasteiger partial charge in [0.15, 0.2) is 0 Å². The Bertz CT molecular complexity index is 818. The number of nitrogens with one attached hydrogen (secondary N) is 1. The molecule has 1 saturated heterocycles. The molecule has 0 atom stereocenters. The first-order valence-corrected chi connectivity index (χ1v) is 8.51. The Kier molecular flexibility index (Phi) is 5.04. The first-order chi connectivity index (χ1) is 12.0. The number of aryl methyl sites for hydroxylation is 1. The van der Waals surface area contributed by atoms with Crippen molar-refractivity contribution in [1.82, 2.24) is 0 Å². The maximum atomic E-state index is 13.8. The number of hydrogen-bond acceptors (Lipinski definition) is 2. The van der Waals surface area contributed by atoms with E-state index in [0.29, 0.717) is 18.7 Å². The number of hydrogen-bond donors (Lipinski definition) is 1. The molecule has 6 heteroatoms. The zero-order valence-electron chi connectivity index (χ0n) is 13.8. The van der Waals surface area contributed by atoms with Crippen LogP contribution in [0, 0.1) is 12.7 Å². The lowest BCUT2D eigenvalue weighted by molar-refractivity contribution is -0.119. The number of amides is 2. The van der Waals surface area contributed by atoms with Crippen molar-refractivity contribution in [2.45, 2.75) is 26.2 Å². The molecule has 1 heterocycles. The predicted molar refractivity (Wildman–Crippen MR) is 96.7 cm³/mol. The maximum absolute atomic E-state index is 13.8. The van der Waals surface area contributed by atoms with E-state index in [1.807, 2.05) is 6.92 Å². The van der Waals surface area contributed by atoms with E-state index >= 15 is 0 Å². The second-order valence-corrected chi connectivity index (χ2v) is 6.46. The molecule has 0 bridgehead atoms. The van der Waals surface area contributed by atoms with Crippen LogP contribution in [0.3, 0.4) is 0 Å². The first-order valence-electron chi connectivity index (χ1n) is 8.14. The number of benzene rings is 2. The van der Waals surface area contributed by atoms with Crippen LogP contribution in [0.1, 0.15) is 35.2 Å². The minimum Gasteiger partial charge on any atom is -0.322 e. The van der Waals surface area contributed by atoms with Crippen LogP contribution >= 0.6 is 11.6 Å². The molecule has 2 aromatic carbocycles. The van der Waals surface area contributed by atoms with Gasteiger partial charge in [-0.25, -0.2) is 4.39 Å². The molecule has 0 radical (unpaired) electrons. The largest absolute Gasteiger partial charge is 0.322 e. The van der Waals surface area contributed by atoms with Crippen molar-refractivity contribution < 1.29 is 14.0 Å². The zero-order chi connectivity index (χ0) is 18.0. The molecule has 3 rings (SSSR count). The summed E-state index contributed by atoms with van der Waals surface area (Å²) in [4.78, 5) is 26.2. The number of rotatable bonds is 3. The highest BCUT2D eigenvalue weighted by Crippen LogP contribution is 2.28. The molecule has 4 nitrogen and oxygen atoms in total. The summed E-state index contributed by atoms with van der Waals surface area (Å²) in [5.74, 6) is -1.16. The normalized spacial score (nSPS) is 14.5. The third-order valence-corrected chi connectivity index (χ3v) is 4.57. The Morgan fingerprint density at radius 3 is 2.72 bits per heavy atom. The van der Waals surface area contributed by atoms with Gasteiger partial charge in [0.05, 0.1) is 10.6 Å². The average molecular weight is 361 g/mol. The number of piperidine rings is 1. The number of carbonyl (C=O) groups is 2. The van der Waals surface area contributed by atoms with E-state index in [9.17, 15) is 14.0 Å². The topological polar surface area (TPSA) is 49.4 Å². The number of nitrogens with zero attached hydrogens (tertiary/aromatic N) is 1. The van der Waals surface area contributed by atoms with Crippen LogP contribution in [0.4, 0.5) is 15.8 Å². The number of anilines is 2. The summed E-state index contributed by atoms with van der Waals surface area (Å²) in [6, 6.07) is 9.38. The third kappa shape index (κ3) is 3.66. The lowest BCUT2D eigenvalue weighted by Gasteiger charge is -2.28. The number of halogens is 2. The molecule has 1 N–H and O–H groups in total. The Balaban J connectivity index is 1.81. The van der Waals surface area contributed by atoms with E-state index in [0.717, 1.165) is 24.1 Å². The zero-order valence-corrected chi connectivity index (χ0v) is 14.6. The van der Waals surface area contributed by atoms with Gasteiger partial charge in [-0.15, -0.1) is 0 Å². The van der Waals surface area contributed by atoms with E-state index in [2.05, 4.69) is 5.32 Å². The second kappa shape index (κ2) is 7.23. The summed E-state index contributed by atoms with van der Waals surface area (Å²) in [6.07, 6.45) is 2.46. The number of carbonyl (C=O) groups excluding carboxylic acids is 2. The van der Waals surface area contributed by atoms with E-state index in [4.69, 9.17) is 11.6 Å². The fourth-order valence-corrected chi connectivity index (χ4v) is 3.25. The third-order valence-electron chi connectivity index (χ3n) is 4.26. The first kappa shape index (κ1) is 17.4. The summed E-state index contributed by atoms with van der Waals surface area (Å²) in [7, 11) is 0. The molecule has 0 aromatic heterocycles. The molecule has 1 fully saturated rings. The fourth-order valence-electron chi connectivity index (χ4n) is 3.00. The summed E-state index contributed by atoms with van der Waals surface area (Å²) in [5, 5.41) is 2.72. The predicted octanol–water partition coefficient (Wildman–Crippen LogP) is 4.56. The Morgan fingerprint density at radius 2 is 2.04 bits per heavy atom. The van der Waals surface area contributed by atoms with Gasteiger partial charge < -0.3 is 10.2 Å². The Labute approximate surface area is 150 Å². The molecule has 2 amide bonds. The van der Waals surface area contributed by atoms with Gasteiger partial charge in [-0.05, 0) is 55.7 Å². The van der Waals surface area contributed by atoms with Crippen molar-refractivity contribution in [3.05, 3.63) is 58.4 Å². The van der Waals surface area contributed by atoms with Gasteiger partial charge in [-0.1, -0.05) is 17.7 Å². The quantitative estimate of drug-likeness (QED) is 0.872. The summed E-state index contributed by atoms with van der Waals surface area (Å²) in [6.45, 7) is 2.58. The van der Waals surface area contributed by atoms with Crippen LogP contribution in [0.5, 0.6) is 0 Å². The maximum Gasteiger partial charge on any atom is 0.260 e. The van der Waals surface area contributed by atoms with Crippen LogP contribution in [0.25, 0.3) is 0 Å². The molecule has 130 valence electrons. The molecule has 0 aliphatic carbocycles. The Morgan fingerprint density at radius 1 is 1.24 bits per heavy atom. The smallest absolute Gasteiger partial charge is 0.260 e. The van der Waals surface area contributed by atoms with Gasteiger partial charge >= 0.3 is 0 Å². The van der Waals surface area contributed by atoms with Gasteiger partial charge in [0.25, 0.3) is 5.91 Å². The van der Waals surface area contributed by atoms with Crippen molar-refractivity contribution in [2.24, 2.45) is 0 Å². The fraction of sp³-hybridized carbons (Fsp3) is 0.263. The van der Waals surface area contributed by atoms with Gasteiger partial charge in [0.2, 0.25) is 5.91 Å². The molecule has 0 unspecified atom stereocenters. The van der Waals surface area contributed by atoms with E-state index in [1.54, 1.807) is 23.1 Å². The van der Waals surface area contributed by atoms with Gasteiger partial charge in [-0.3, -0.25) is 9.59 Å². The van der Waals surface area contributed by atoms with Crippen molar-refractivity contribution in [1.29, 1.82) is 0 Å². The highest BCUT2D eigenvalue weighted by Gasteiger charge is 2.21. The summed E-state index contributed by atoms with van der Waals surface area (Å²) >= 11 is 5.92. The van der Waals surface area contributed by atoms with Gasteiger partial charge in [0.1, 0.15) is 5.82 Å². The molecule has 0 saturated carbocycles. The highest BCUT2D eigenvalue weighted by atomic mass is 35.5. The lowest BCUT2D eigenvalue weighted by Crippen LogP contribution is -2.35. The van der Waals surface area contributed by atoms with Crippen molar-refractivity contribution in [3.8, 4) is 0 Å². The van der Waals surface area contributed by atoms with Crippen LogP contribution in [-0.2, 0) is 4.79 Å². The van der Waals surface area contributed by atoms with Crippen LogP contribution < -0.4 is 10.2 Å². The highest BCUT2D eigenvalue weighted by molar-refractivity contribution is 6.34. The van der Waals surface area contributed by atoms with Gasteiger partial charge in [0, 0.05) is 24.3 Å². The average Bonchev–Trinajstić information content (AvgIpc) is 2.56.